The number of carbonyl (C=O) groups excluding carboxylic acids is 1. The third-order valence-corrected chi connectivity index (χ3v) is 10.6. The van der Waals surface area contributed by atoms with E-state index in [-0.39, 0.29) is 47.7 Å². The molecule has 0 unspecified atom stereocenters. The van der Waals surface area contributed by atoms with Gasteiger partial charge in [-0.25, -0.2) is 0 Å². The van der Waals surface area contributed by atoms with Gasteiger partial charge in [-0.1, -0.05) is 45.0 Å². The first-order valence-corrected chi connectivity index (χ1v) is 17.2. The van der Waals surface area contributed by atoms with Crippen LogP contribution in [0.5, 0.6) is 0 Å². The normalized spacial score (nSPS) is 23.5. The summed E-state index contributed by atoms with van der Waals surface area (Å²) in [4.78, 5) is 41.5. The van der Waals surface area contributed by atoms with E-state index in [9.17, 15) is 24.9 Å². The minimum absolute atomic E-state index is 0.0694. The van der Waals surface area contributed by atoms with E-state index in [1.165, 1.54) is 17.3 Å². The van der Waals surface area contributed by atoms with Crippen molar-refractivity contribution in [3.8, 4) is 11.1 Å². The first kappa shape index (κ1) is 36.3. The molecule has 10 heteroatoms. The van der Waals surface area contributed by atoms with E-state index in [1.807, 2.05) is 30.3 Å². The SMILES string of the molecule is CC(C)(C)[C@H]1CCc2nc3c(cc2C1)C=C(C(=O)C[C@H](CCN[C@H]1C[C@@H](CO)[C@H](O)[C@@H]1O)c1ccc(-c2ccc(=O)[nH]c2)cc1)C3.O=CO. The number of hydrogen-bond donors (Lipinski definition) is 6. The first-order chi connectivity index (χ1) is 23.4. The molecule has 2 heterocycles. The number of aliphatic hydroxyl groups excluding tert-OH is 3. The maximum atomic E-state index is 13.9. The van der Waals surface area contributed by atoms with Crippen molar-refractivity contribution in [1.82, 2.24) is 15.3 Å². The van der Waals surface area contributed by atoms with Gasteiger partial charge >= 0.3 is 0 Å². The van der Waals surface area contributed by atoms with Crippen molar-refractivity contribution in [2.45, 2.75) is 89.9 Å². The van der Waals surface area contributed by atoms with Crippen molar-refractivity contribution >= 4 is 18.3 Å². The molecule has 6 rings (SSSR count). The highest BCUT2D eigenvalue weighted by molar-refractivity contribution is 6.02. The van der Waals surface area contributed by atoms with Crippen LogP contribution in [0.4, 0.5) is 0 Å². The van der Waals surface area contributed by atoms with Gasteiger partial charge in [-0.15, -0.1) is 0 Å². The van der Waals surface area contributed by atoms with Crippen LogP contribution in [0.25, 0.3) is 17.2 Å². The highest BCUT2D eigenvalue weighted by atomic mass is 16.3. The Kier molecular flexibility index (Phi) is 11.7. The number of aliphatic hydroxyl groups is 3. The Morgan fingerprint density at radius 1 is 1.08 bits per heavy atom. The standard InChI is InChI=1S/C38H47N3O5.CH2O2/c1-38(2,3)30-9-10-31-27(16-30)14-26-15-28(17-32(26)41-31)34(43)19-24(12-13-39-33-18-29(21-42)36(45)37(33)46)22-4-6-23(7-5-22)25-8-11-35(44)40-20-25;2-1-3/h4-8,11,14-15,20,24,29-30,33,36-37,39,42,45-46H,9-10,12-13,16-19,21H2,1-3H3,(H,40,44);1H,(H,2,3)/t24-,29-,30-,33-,36-,37+;/m0./s1. The lowest BCUT2D eigenvalue weighted by Gasteiger charge is -2.34. The Labute approximate surface area is 287 Å². The molecule has 0 bridgehead atoms. The second kappa shape index (κ2) is 15.7. The molecule has 0 spiro atoms. The third kappa shape index (κ3) is 8.62. The van der Waals surface area contributed by atoms with E-state index < -0.39 is 12.2 Å². The van der Waals surface area contributed by atoms with Gasteiger partial charge in [-0.3, -0.25) is 19.4 Å². The van der Waals surface area contributed by atoms with Crippen molar-refractivity contribution in [3.63, 3.8) is 0 Å². The average molecular weight is 672 g/mol. The number of hydrogen-bond acceptors (Lipinski definition) is 8. The van der Waals surface area contributed by atoms with Gasteiger partial charge in [0.25, 0.3) is 6.47 Å². The number of benzene rings is 1. The smallest absolute Gasteiger partial charge is 0.290 e. The van der Waals surface area contributed by atoms with Crippen LogP contribution in [0.1, 0.15) is 80.5 Å². The number of aryl methyl sites for hydroxylation is 1. The summed E-state index contributed by atoms with van der Waals surface area (Å²) >= 11 is 0. The number of nitrogens with one attached hydrogen (secondary N) is 2. The van der Waals surface area contributed by atoms with Gasteiger partial charge in [0.05, 0.1) is 17.9 Å². The maximum Gasteiger partial charge on any atom is 0.290 e. The number of pyridine rings is 2. The molecular weight excluding hydrogens is 622 g/mol. The Morgan fingerprint density at radius 3 is 2.43 bits per heavy atom. The minimum Gasteiger partial charge on any atom is -0.483 e. The van der Waals surface area contributed by atoms with Crippen molar-refractivity contribution in [2.24, 2.45) is 17.3 Å². The zero-order chi connectivity index (χ0) is 35.3. The third-order valence-electron chi connectivity index (χ3n) is 10.6. The second-order valence-electron chi connectivity index (χ2n) is 14.8. The van der Waals surface area contributed by atoms with Crippen molar-refractivity contribution in [3.05, 3.63) is 92.7 Å². The number of aromatic nitrogens is 2. The van der Waals surface area contributed by atoms with Crippen molar-refractivity contribution in [1.29, 1.82) is 0 Å². The summed E-state index contributed by atoms with van der Waals surface area (Å²) in [5.41, 5.74) is 8.43. The summed E-state index contributed by atoms with van der Waals surface area (Å²) < 4.78 is 0. The lowest BCUT2D eigenvalue weighted by atomic mass is 9.71. The van der Waals surface area contributed by atoms with E-state index in [0.717, 1.165) is 52.8 Å². The fourth-order valence-electron chi connectivity index (χ4n) is 7.56. The van der Waals surface area contributed by atoms with Crippen LogP contribution in [0.3, 0.4) is 0 Å². The molecule has 1 aromatic carbocycles. The summed E-state index contributed by atoms with van der Waals surface area (Å²) in [6.07, 6.45) is 7.10. The second-order valence-corrected chi connectivity index (χ2v) is 14.8. The number of ketones is 1. The number of allylic oxidation sites excluding steroid dienone is 1. The number of rotatable bonds is 10. The molecule has 3 aromatic rings. The van der Waals surface area contributed by atoms with Crippen LogP contribution in [-0.4, -0.2) is 74.1 Å². The Bertz CT molecular complexity index is 1690. The van der Waals surface area contributed by atoms with E-state index in [2.05, 4.69) is 37.1 Å². The molecule has 3 aliphatic carbocycles. The molecule has 0 saturated heterocycles. The van der Waals surface area contributed by atoms with E-state index in [1.54, 1.807) is 12.3 Å². The summed E-state index contributed by atoms with van der Waals surface area (Å²) in [5, 5.41) is 40.6. The maximum absolute atomic E-state index is 13.9. The Hall–Kier alpha value is -3.96. The molecule has 6 N–H and O–H groups in total. The first-order valence-electron chi connectivity index (χ1n) is 17.2. The van der Waals surface area contributed by atoms with Crippen molar-refractivity contribution in [2.75, 3.05) is 13.2 Å². The fourth-order valence-corrected chi connectivity index (χ4v) is 7.56. The highest BCUT2D eigenvalue weighted by Gasteiger charge is 2.40. The molecule has 2 aromatic heterocycles. The van der Waals surface area contributed by atoms with Gasteiger partial charge < -0.3 is 30.7 Å². The molecular formula is C39H49N3O7. The molecule has 0 amide bonds. The van der Waals surface area contributed by atoms with Crippen LogP contribution < -0.4 is 10.9 Å². The van der Waals surface area contributed by atoms with Gasteiger partial charge in [0, 0.05) is 54.9 Å². The topological polar surface area (TPSA) is 173 Å². The molecule has 1 saturated carbocycles. The summed E-state index contributed by atoms with van der Waals surface area (Å²) in [5.74, 6) is 0.328. The quantitative estimate of drug-likeness (QED) is 0.174. The molecule has 0 aliphatic heterocycles. The Balaban J connectivity index is 0.00000151. The molecule has 6 atom stereocenters. The van der Waals surface area contributed by atoms with Crippen LogP contribution in [0, 0.1) is 17.3 Å². The van der Waals surface area contributed by atoms with E-state index in [0.29, 0.717) is 38.1 Å². The molecule has 262 valence electrons. The summed E-state index contributed by atoms with van der Waals surface area (Å²) in [6, 6.07) is 13.4. The predicted octanol–water partition coefficient (Wildman–Crippen LogP) is 4.05. The zero-order valence-corrected chi connectivity index (χ0v) is 28.6. The molecule has 10 nitrogen and oxygen atoms in total. The van der Waals surface area contributed by atoms with E-state index >= 15 is 0 Å². The summed E-state index contributed by atoms with van der Waals surface area (Å²) in [6.45, 7) is 7.08. The predicted molar refractivity (Wildman–Crippen MR) is 188 cm³/mol. The van der Waals surface area contributed by atoms with Crippen LogP contribution in [0.15, 0.2) is 59.0 Å². The van der Waals surface area contributed by atoms with Crippen molar-refractivity contribution < 1.29 is 30.0 Å². The lowest BCUT2D eigenvalue weighted by molar-refractivity contribution is -0.123. The number of aromatic amines is 1. The fraction of sp³-hybridized carbons (Fsp3) is 0.487. The number of Topliss-reactive ketones (excluding diaryl/α,β-unsaturated/α-hetero) is 1. The molecule has 0 radical (unpaired) electrons. The number of carbonyl (C=O) groups is 2. The Morgan fingerprint density at radius 2 is 1.80 bits per heavy atom. The minimum atomic E-state index is -0.949. The monoisotopic (exact) mass is 671 g/mol. The average Bonchev–Trinajstić information content (AvgIpc) is 3.62. The molecule has 1 fully saturated rings. The van der Waals surface area contributed by atoms with Gasteiger partial charge in [-0.2, -0.15) is 0 Å². The lowest BCUT2D eigenvalue weighted by Crippen LogP contribution is -2.40. The van der Waals surface area contributed by atoms with Gasteiger partial charge in [-0.05, 0) is 102 Å². The molecule has 3 aliphatic rings. The van der Waals surface area contributed by atoms with Gasteiger partial charge in [0.2, 0.25) is 5.56 Å². The number of nitrogens with zero attached hydrogens (tertiary/aromatic N) is 1. The number of H-pyrrole nitrogens is 1. The van der Waals surface area contributed by atoms with Crippen LogP contribution in [0.2, 0.25) is 0 Å². The summed E-state index contributed by atoms with van der Waals surface area (Å²) in [7, 11) is 0. The van der Waals surface area contributed by atoms with Crippen LogP contribution in [-0.2, 0) is 28.9 Å². The number of fused-ring (bicyclic) bond motifs is 2. The highest BCUT2D eigenvalue weighted by Crippen LogP contribution is 2.39. The largest absolute Gasteiger partial charge is 0.483 e. The zero-order valence-electron chi connectivity index (χ0n) is 28.6. The van der Waals surface area contributed by atoms with E-state index in [4.69, 9.17) is 14.9 Å². The van der Waals surface area contributed by atoms with Gasteiger partial charge in [0.15, 0.2) is 5.78 Å². The molecule has 49 heavy (non-hydrogen) atoms. The van der Waals surface area contributed by atoms with Crippen LogP contribution >= 0.6 is 0 Å². The van der Waals surface area contributed by atoms with Gasteiger partial charge in [0.1, 0.15) is 0 Å². The number of carboxylic acid groups (broad SMARTS) is 1.